The highest BCUT2D eigenvalue weighted by Gasteiger charge is 2.13. The maximum atomic E-state index is 13.4. The maximum absolute atomic E-state index is 13.4. The van der Waals surface area contributed by atoms with E-state index in [4.69, 9.17) is 11.6 Å². The summed E-state index contributed by atoms with van der Waals surface area (Å²) in [6.07, 6.45) is 0. The lowest BCUT2D eigenvalue weighted by Crippen LogP contribution is -2.14. The molecule has 0 heterocycles. The lowest BCUT2D eigenvalue weighted by Gasteiger charge is -2.08. The zero-order valence-electron chi connectivity index (χ0n) is 10.0. The number of anilines is 1. The normalized spacial score (nSPS) is 10.3. The summed E-state index contributed by atoms with van der Waals surface area (Å²) in [6, 6.07) is 7.83. The molecule has 5 heteroatoms. The van der Waals surface area contributed by atoms with Crippen molar-refractivity contribution >= 4 is 23.2 Å². The molecule has 2 rings (SSSR count). The minimum Gasteiger partial charge on any atom is -0.321 e. The van der Waals surface area contributed by atoms with Crippen LogP contribution in [0.4, 0.5) is 14.5 Å². The Morgan fingerprint density at radius 1 is 1.16 bits per heavy atom. The van der Waals surface area contributed by atoms with E-state index in [9.17, 15) is 13.6 Å². The molecule has 2 nitrogen and oxygen atoms in total. The third-order valence-corrected chi connectivity index (χ3v) is 2.86. The predicted octanol–water partition coefficient (Wildman–Crippen LogP) is 4.18. The molecule has 0 fully saturated rings. The van der Waals surface area contributed by atoms with Gasteiger partial charge in [-0.3, -0.25) is 4.79 Å². The second-order valence-electron chi connectivity index (χ2n) is 4.06. The summed E-state index contributed by atoms with van der Waals surface area (Å²) in [5, 5.41) is 2.84. The van der Waals surface area contributed by atoms with E-state index in [0.717, 1.165) is 17.7 Å². The summed E-state index contributed by atoms with van der Waals surface area (Å²) in [5.41, 5.74) is 1.08. The van der Waals surface area contributed by atoms with Crippen LogP contribution in [0.5, 0.6) is 0 Å². The molecule has 98 valence electrons. The molecule has 0 saturated heterocycles. The van der Waals surface area contributed by atoms with Gasteiger partial charge in [-0.05, 0) is 36.8 Å². The molecular weight excluding hydrogens is 272 g/mol. The third-order valence-electron chi connectivity index (χ3n) is 2.55. The Morgan fingerprint density at radius 3 is 2.53 bits per heavy atom. The molecule has 0 aromatic heterocycles. The van der Waals surface area contributed by atoms with Crippen LogP contribution in [-0.4, -0.2) is 5.91 Å². The SMILES string of the molecule is Cc1ccc(NC(=O)c2ccc(F)cc2F)c(Cl)c1. The lowest BCUT2D eigenvalue weighted by atomic mass is 10.1. The Balaban J connectivity index is 2.25. The fraction of sp³-hybridized carbons (Fsp3) is 0.0714. The number of aryl methyl sites for hydroxylation is 1. The van der Waals surface area contributed by atoms with Crippen molar-refractivity contribution in [2.45, 2.75) is 6.92 Å². The van der Waals surface area contributed by atoms with E-state index in [1.807, 2.05) is 6.92 Å². The topological polar surface area (TPSA) is 29.1 Å². The van der Waals surface area contributed by atoms with Crippen molar-refractivity contribution < 1.29 is 13.6 Å². The maximum Gasteiger partial charge on any atom is 0.258 e. The van der Waals surface area contributed by atoms with Gasteiger partial charge in [0.25, 0.3) is 5.91 Å². The molecular formula is C14H10ClF2NO. The largest absolute Gasteiger partial charge is 0.321 e. The van der Waals surface area contributed by atoms with Crippen molar-refractivity contribution in [3.8, 4) is 0 Å². The van der Waals surface area contributed by atoms with E-state index in [2.05, 4.69) is 5.32 Å². The van der Waals surface area contributed by atoms with Gasteiger partial charge in [0.2, 0.25) is 0 Å². The van der Waals surface area contributed by atoms with Crippen molar-refractivity contribution in [3.05, 3.63) is 64.2 Å². The van der Waals surface area contributed by atoms with Crippen molar-refractivity contribution in [1.29, 1.82) is 0 Å². The number of rotatable bonds is 2. The van der Waals surface area contributed by atoms with Gasteiger partial charge < -0.3 is 5.32 Å². The van der Waals surface area contributed by atoms with Gasteiger partial charge in [0.05, 0.1) is 16.3 Å². The quantitative estimate of drug-likeness (QED) is 0.879. The Morgan fingerprint density at radius 2 is 1.89 bits per heavy atom. The molecule has 0 aliphatic heterocycles. The van der Waals surface area contributed by atoms with Crippen LogP contribution in [0.3, 0.4) is 0 Å². The molecule has 0 bridgehead atoms. The summed E-state index contributed by atoms with van der Waals surface area (Å²) < 4.78 is 26.2. The van der Waals surface area contributed by atoms with Crippen molar-refractivity contribution in [3.63, 3.8) is 0 Å². The molecule has 2 aromatic rings. The zero-order chi connectivity index (χ0) is 14.0. The van der Waals surface area contributed by atoms with Gasteiger partial charge in [0, 0.05) is 6.07 Å². The van der Waals surface area contributed by atoms with Gasteiger partial charge in [-0.2, -0.15) is 0 Å². The number of benzene rings is 2. The molecule has 0 spiro atoms. The summed E-state index contributed by atoms with van der Waals surface area (Å²) in [6.45, 7) is 1.86. The first-order chi connectivity index (χ1) is 8.97. The highest BCUT2D eigenvalue weighted by Crippen LogP contribution is 2.23. The first-order valence-corrected chi connectivity index (χ1v) is 5.88. The molecule has 0 atom stereocenters. The van der Waals surface area contributed by atoms with Gasteiger partial charge >= 0.3 is 0 Å². The Kier molecular flexibility index (Phi) is 3.81. The van der Waals surface area contributed by atoms with Gasteiger partial charge in [-0.15, -0.1) is 0 Å². The first-order valence-electron chi connectivity index (χ1n) is 5.50. The van der Waals surface area contributed by atoms with E-state index in [1.165, 1.54) is 0 Å². The predicted molar refractivity (Wildman–Crippen MR) is 70.5 cm³/mol. The van der Waals surface area contributed by atoms with Gasteiger partial charge in [0.1, 0.15) is 11.6 Å². The fourth-order valence-electron chi connectivity index (χ4n) is 1.58. The molecule has 1 amide bonds. The van der Waals surface area contributed by atoms with Crippen LogP contribution in [0.2, 0.25) is 5.02 Å². The average molecular weight is 282 g/mol. The molecule has 0 aliphatic rings. The highest BCUT2D eigenvalue weighted by molar-refractivity contribution is 6.34. The van der Waals surface area contributed by atoms with Crippen LogP contribution in [0.15, 0.2) is 36.4 Å². The molecule has 0 unspecified atom stereocenters. The number of carbonyl (C=O) groups is 1. The molecule has 0 aliphatic carbocycles. The summed E-state index contributed by atoms with van der Waals surface area (Å²) in [4.78, 5) is 11.9. The highest BCUT2D eigenvalue weighted by atomic mass is 35.5. The Bertz CT molecular complexity index is 643. The second-order valence-corrected chi connectivity index (χ2v) is 4.47. The minimum atomic E-state index is -0.916. The molecule has 2 aromatic carbocycles. The van der Waals surface area contributed by atoms with Crippen LogP contribution in [0, 0.1) is 18.6 Å². The second kappa shape index (κ2) is 5.36. The van der Waals surface area contributed by atoms with E-state index in [-0.39, 0.29) is 5.56 Å². The van der Waals surface area contributed by atoms with Crippen molar-refractivity contribution in [2.24, 2.45) is 0 Å². The van der Waals surface area contributed by atoms with Crippen molar-refractivity contribution in [1.82, 2.24) is 0 Å². The van der Waals surface area contributed by atoms with Crippen LogP contribution in [-0.2, 0) is 0 Å². The van der Waals surface area contributed by atoms with Gasteiger partial charge in [-0.1, -0.05) is 17.7 Å². The number of carbonyl (C=O) groups excluding carboxylic acids is 1. The van der Waals surface area contributed by atoms with Crippen LogP contribution in [0.1, 0.15) is 15.9 Å². The van der Waals surface area contributed by atoms with Crippen molar-refractivity contribution in [2.75, 3.05) is 5.32 Å². The van der Waals surface area contributed by atoms with Crippen LogP contribution in [0.25, 0.3) is 0 Å². The molecule has 1 N–H and O–H groups in total. The average Bonchev–Trinajstić information content (AvgIpc) is 2.32. The third kappa shape index (κ3) is 3.09. The lowest BCUT2D eigenvalue weighted by molar-refractivity contribution is 0.102. The van der Waals surface area contributed by atoms with Crippen LogP contribution < -0.4 is 5.32 Å². The summed E-state index contributed by atoms with van der Waals surface area (Å²) in [5.74, 6) is -2.33. The number of hydrogen-bond acceptors (Lipinski definition) is 1. The minimum absolute atomic E-state index is 0.238. The van der Waals surface area contributed by atoms with Gasteiger partial charge in [-0.25, -0.2) is 8.78 Å². The Labute approximate surface area is 114 Å². The number of hydrogen-bond donors (Lipinski definition) is 1. The summed E-state index contributed by atoms with van der Waals surface area (Å²) >= 11 is 5.96. The van der Waals surface area contributed by atoms with E-state index < -0.39 is 17.5 Å². The number of halogens is 3. The number of amides is 1. The van der Waals surface area contributed by atoms with E-state index in [1.54, 1.807) is 18.2 Å². The number of nitrogens with one attached hydrogen (secondary N) is 1. The monoisotopic (exact) mass is 281 g/mol. The fourth-order valence-corrected chi connectivity index (χ4v) is 1.87. The van der Waals surface area contributed by atoms with E-state index >= 15 is 0 Å². The molecule has 0 radical (unpaired) electrons. The molecule has 0 saturated carbocycles. The van der Waals surface area contributed by atoms with Gasteiger partial charge in [0.15, 0.2) is 0 Å². The first kappa shape index (κ1) is 13.5. The summed E-state index contributed by atoms with van der Waals surface area (Å²) in [7, 11) is 0. The van der Waals surface area contributed by atoms with E-state index in [0.29, 0.717) is 16.8 Å². The Hall–Kier alpha value is -1.94. The zero-order valence-corrected chi connectivity index (χ0v) is 10.8. The molecule has 19 heavy (non-hydrogen) atoms. The standard InChI is InChI=1S/C14H10ClF2NO/c1-8-2-5-13(11(15)6-8)18-14(19)10-4-3-9(16)7-12(10)17/h2-7H,1H3,(H,18,19). The van der Waals surface area contributed by atoms with Crippen LogP contribution >= 0.6 is 11.6 Å². The smallest absolute Gasteiger partial charge is 0.258 e.